The molecule has 2 aliphatic rings. The van der Waals surface area contributed by atoms with Crippen LogP contribution >= 0.6 is 14.9 Å². The minimum absolute atomic E-state index is 0.111. The number of carbonyl (C=O) groups excluding carboxylic acids is 4. The largest absolute Gasteiger partial charge is 0.465 e. The second kappa shape index (κ2) is 51.7. The van der Waals surface area contributed by atoms with Crippen LogP contribution in [0, 0.1) is 0 Å². The molecule has 9 rings (SSSR count). The number of aromatic nitrogens is 8. The van der Waals surface area contributed by atoms with Crippen molar-refractivity contribution in [3.8, 4) is 0 Å². The van der Waals surface area contributed by atoms with Crippen molar-refractivity contribution in [3.05, 3.63) is 120 Å². The number of carbonyl (C=O) groups is 4. The molecule has 2 aliphatic carbocycles. The molecule has 0 saturated heterocycles. The predicted octanol–water partition coefficient (Wildman–Crippen LogP) is 12.7. The summed E-state index contributed by atoms with van der Waals surface area (Å²) in [6.07, 6.45) is 23.0. The van der Waals surface area contributed by atoms with E-state index in [9.17, 15) is 28.3 Å². The van der Waals surface area contributed by atoms with Gasteiger partial charge in [0.2, 0.25) is 26.8 Å². The monoisotopic (exact) mass is 1610 g/mol. The summed E-state index contributed by atoms with van der Waals surface area (Å²) in [6.45, 7) is 19.4. The van der Waals surface area contributed by atoms with E-state index in [-0.39, 0.29) is 69.9 Å². The molecule has 0 spiro atoms. The molecule has 0 bridgehead atoms. The highest BCUT2D eigenvalue weighted by Crippen LogP contribution is 2.41. The average molecular weight is 1610 g/mol. The zero-order valence-corrected chi connectivity index (χ0v) is 70.0. The summed E-state index contributed by atoms with van der Waals surface area (Å²) in [5.74, 6) is -0.630. The molecule has 626 valence electrons. The quantitative estimate of drug-likeness (QED) is 0.00732. The van der Waals surface area contributed by atoms with Gasteiger partial charge in [0.25, 0.3) is 0 Å². The van der Waals surface area contributed by atoms with Gasteiger partial charge in [-0.3, -0.25) is 28.3 Å². The zero-order valence-electron chi connectivity index (χ0n) is 68.2. The number of nitrogen functional groups attached to an aromatic ring is 2. The molecule has 14 N–H and O–H groups in total. The van der Waals surface area contributed by atoms with Crippen molar-refractivity contribution in [1.82, 2.24) is 59.4 Å². The van der Waals surface area contributed by atoms with Crippen LogP contribution < -0.4 is 53.9 Å². The van der Waals surface area contributed by atoms with E-state index < -0.39 is 62.9 Å². The molecule has 2 fully saturated rings. The Kier molecular flexibility index (Phi) is 43.0. The second-order valence-electron chi connectivity index (χ2n) is 28.8. The molecule has 0 amide bonds. The molecule has 7 aromatic rings. The third kappa shape index (κ3) is 35.7. The number of hydrogen-bond acceptors (Lipinski definition) is 24. The zero-order chi connectivity index (χ0) is 81.8. The number of benzene rings is 3. The smallest absolute Gasteiger partial charge is 0.323 e. The van der Waals surface area contributed by atoms with Crippen LogP contribution in [0.25, 0.3) is 22.3 Å². The van der Waals surface area contributed by atoms with E-state index in [2.05, 4.69) is 93.8 Å². The number of nitrogens with one attached hydrogen (secondary N) is 6. The first kappa shape index (κ1) is 93.8. The molecule has 4 aromatic heterocycles. The van der Waals surface area contributed by atoms with Gasteiger partial charge in [-0.1, -0.05) is 190 Å². The highest BCUT2D eigenvalue weighted by molar-refractivity contribution is 7.60. The Bertz CT molecular complexity index is 3850. The first-order chi connectivity index (χ1) is 54.5. The van der Waals surface area contributed by atoms with Gasteiger partial charge in [0.15, 0.2) is 34.0 Å². The number of unbranched alkanes of at least 4 members (excludes halogenated alkanes) is 10. The van der Waals surface area contributed by atoms with Crippen LogP contribution in [-0.4, -0.2) is 164 Å². The highest BCUT2D eigenvalue weighted by atomic mass is 31.2. The summed E-state index contributed by atoms with van der Waals surface area (Å²) in [5, 5.41) is 18.7. The molecule has 6 atom stereocenters. The summed E-state index contributed by atoms with van der Waals surface area (Å²) < 4.78 is 66.6. The fraction of sp³-hybridized carbons (Fsp3) is 0.605. The van der Waals surface area contributed by atoms with Gasteiger partial charge in [-0.15, -0.1) is 0 Å². The van der Waals surface area contributed by atoms with Crippen molar-refractivity contribution in [2.45, 2.75) is 265 Å². The lowest BCUT2D eigenvalue weighted by Gasteiger charge is -2.29. The Balaban J connectivity index is 0.000000297. The summed E-state index contributed by atoms with van der Waals surface area (Å²) in [5.41, 5.74) is 28.2. The van der Waals surface area contributed by atoms with Crippen molar-refractivity contribution in [2.24, 2.45) is 11.5 Å². The van der Waals surface area contributed by atoms with Gasteiger partial charge in [0.1, 0.15) is 36.9 Å². The Morgan fingerprint density at radius 1 is 0.442 bits per heavy atom. The minimum Gasteiger partial charge on any atom is -0.465 e. The first-order valence-electron chi connectivity index (χ1n) is 40.8. The number of hydrogen-bond donors (Lipinski definition) is 10. The Morgan fingerprint density at radius 2 is 0.779 bits per heavy atom. The van der Waals surface area contributed by atoms with Gasteiger partial charge >= 0.3 is 23.9 Å². The van der Waals surface area contributed by atoms with E-state index in [1.165, 1.54) is 44.1 Å². The molecular formula is C81H130N18O12P2. The maximum atomic E-state index is 14.8. The number of nitrogens with two attached hydrogens (primary N) is 4. The normalized spacial score (nSPS) is 14.3. The molecule has 0 radical (unpaired) electrons. The number of nitrogens with zero attached hydrogens (tertiary/aromatic N) is 8. The van der Waals surface area contributed by atoms with E-state index in [1.54, 1.807) is 35.6 Å². The molecule has 113 heavy (non-hydrogen) atoms. The van der Waals surface area contributed by atoms with Gasteiger partial charge in [-0.25, -0.2) is 30.3 Å². The molecule has 2 saturated carbocycles. The fourth-order valence-corrected chi connectivity index (χ4v) is 15.9. The standard InChI is InChI=1S/C35H63N8O6P.C33H43N8O6P.C9H13N.C4H11N/c1-5-9-11-13-15-17-22-48-33(44)28(7-3)41-50(46,42-29(8-4)34(45)49-23-18-16-14-12-10-6-2)26-47-24-21-43-25-37-30-31(38-27-19-20-27)39-35(36)40-32(30)43;1-3-46-31(42)26(19-23-11-7-5-8-12-23)39-48(44,40-27(32(43)47-4-2)20-24-13-9-6-10-14-24)22-45-18-17-41-21-35-28-29(36-25-15-16-25)37-33(34)38-30(28)41;1-8(10)7-9-5-3-2-4-6-9;1-3-4(2)5/h25,27-29H,5-24,26H2,1-4H3,(H2,41,42,46)(H3,36,38,39,40);5-14,21,25-27H,3-4,15-20,22H2,1-2H3,(H2,39,40,44)(H3,34,36,37,38);2-6,8H,7,10H2,1H3;4H,3,5H2,1-2H3/t28-,29-;26-,27-;8-;4-/m0011/s1. The number of rotatable bonds is 51. The molecule has 0 aliphatic heterocycles. The molecular weight excluding hydrogens is 1480 g/mol. The Morgan fingerprint density at radius 3 is 1.11 bits per heavy atom. The van der Waals surface area contributed by atoms with Gasteiger partial charge in [-0.05, 0) is 121 Å². The summed E-state index contributed by atoms with van der Waals surface area (Å²) in [7, 11) is -7.52. The van der Waals surface area contributed by atoms with Crippen molar-refractivity contribution >= 4 is 84.6 Å². The lowest BCUT2D eigenvalue weighted by Crippen LogP contribution is -2.46. The fourth-order valence-electron chi connectivity index (χ4n) is 11.7. The lowest BCUT2D eigenvalue weighted by atomic mass is 10.1. The predicted molar refractivity (Wildman–Crippen MR) is 448 cm³/mol. The van der Waals surface area contributed by atoms with Gasteiger partial charge in [-0.2, -0.15) is 19.9 Å². The third-order valence-corrected chi connectivity index (χ3v) is 22.4. The van der Waals surface area contributed by atoms with Crippen LogP contribution in [0.2, 0.25) is 0 Å². The number of fused-ring (bicyclic) bond motifs is 2. The van der Waals surface area contributed by atoms with E-state index >= 15 is 0 Å². The summed E-state index contributed by atoms with van der Waals surface area (Å²) >= 11 is 0. The molecule has 0 unspecified atom stereocenters. The van der Waals surface area contributed by atoms with E-state index in [0.29, 0.717) is 91.2 Å². The Hall–Kier alpha value is -8.02. The number of ether oxygens (including phenoxy) is 6. The lowest BCUT2D eigenvalue weighted by molar-refractivity contribution is -0.146. The topological polar surface area (TPSA) is 421 Å². The molecule has 4 heterocycles. The van der Waals surface area contributed by atoms with E-state index in [4.69, 9.17) is 51.4 Å². The van der Waals surface area contributed by atoms with Gasteiger partial charge in [0.05, 0.1) is 52.3 Å². The van der Waals surface area contributed by atoms with Crippen molar-refractivity contribution in [3.63, 3.8) is 0 Å². The number of imidazole rings is 2. The van der Waals surface area contributed by atoms with Crippen LogP contribution in [0.1, 0.15) is 201 Å². The molecule has 3 aromatic carbocycles. The van der Waals surface area contributed by atoms with E-state index in [1.807, 2.05) is 107 Å². The highest BCUT2D eigenvalue weighted by Gasteiger charge is 2.38. The molecule has 30 nitrogen and oxygen atoms in total. The van der Waals surface area contributed by atoms with E-state index in [0.717, 1.165) is 88.2 Å². The summed E-state index contributed by atoms with van der Waals surface area (Å²) in [6, 6.07) is 26.7. The Labute approximate surface area is 668 Å². The van der Waals surface area contributed by atoms with Crippen LogP contribution in [-0.2, 0) is 89.1 Å². The average Bonchev–Trinajstić information content (AvgIpc) is 1.63. The molecule has 32 heteroatoms. The van der Waals surface area contributed by atoms with Crippen LogP contribution in [0.4, 0.5) is 23.5 Å². The third-order valence-electron chi connectivity index (χ3n) is 18.4. The first-order valence-corrected chi connectivity index (χ1v) is 44.6. The maximum absolute atomic E-state index is 14.8. The van der Waals surface area contributed by atoms with Gasteiger partial charge < -0.3 is 71.1 Å². The maximum Gasteiger partial charge on any atom is 0.323 e. The summed E-state index contributed by atoms with van der Waals surface area (Å²) in [4.78, 5) is 78.8. The van der Waals surface area contributed by atoms with Crippen LogP contribution in [0.5, 0.6) is 0 Å². The van der Waals surface area contributed by atoms with Crippen LogP contribution in [0.15, 0.2) is 104 Å². The van der Waals surface area contributed by atoms with Crippen molar-refractivity contribution < 1.29 is 56.7 Å². The number of esters is 4. The van der Waals surface area contributed by atoms with Gasteiger partial charge in [0, 0.05) is 37.3 Å². The van der Waals surface area contributed by atoms with Crippen molar-refractivity contribution in [2.75, 3.05) is 74.4 Å². The second-order valence-corrected chi connectivity index (χ2v) is 33.3. The number of anilines is 4. The minimum atomic E-state index is -3.84. The SMILES string of the molecule is CCCCCCCCOC(=O)[C@H](CC)NP(=O)(COCCn1cnc2c(NC3CC3)nc(N)nc21)N[C@@H](CC)C(=O)OCCCCCCCC.CCOC(=O)[C@H](Cc1ccccc1)NP(=O)(COCCn1cnc2c(NC3CC3)nc(N)nc21)N[C@@H](Cc1ccccc1)C(=O)OCC.CC[C@@H](C)N.C[C@@H](N)Cc1ccccc1. The van der Waals surface area contributed by atoms with Crippen LogP contribution in [0.3, 0.4) is 0 Å². The van der Waals surface area contributed by atoms with Crippen molar-refractivity contribution in [1.29, 1.82) is 0 Å².